The second kappa shape index (κ2) is 8.02. The van der Waals surface area contributed by atoms with Crippen LogP contribution >= 0.6 is 0 Å². The Hall–Kier alpha value is -3.51. The monoisotopic (exact) mass is 376 g/mol. The van der Waals surface area contributed by atoms with Gasteiger partial charge in [0.2, 0.25) is 5.95 Å². The molecule has 3 aromatic rings. The third kappa shape index (κ3) is 4.07. The lowest BCUT2D eigenvalue weighted by molar-refractivity contribution is 0.166. The van der Waals surface area contributed by atoms with Crippen LogP contribution in [0.1, 0.15) is 18.5 Å². The Balaban J connectivity index is 1.49. The Morgan fingerprint density at radius 3 is 2.75 bits per heavy atom. The molecule has 0 bridgehead atoms. The van der Waals surface area contributed by atoms with Crippen LogP contribution in [0.25, 0.3) is 11.1 Å². The summed E-state index contributed by atoms with van der Waals surface area (Å²) in [6.07, 6.45) is 10.7. The fourth-order valence-corrected chi connectivity index (χ4v) is 3.03. The summed E-state index contributed by atoms with van der Waals surface area (Å²) >= 11 is 0. The molecule has 0 radical (unpaired) electrons. The molecule has 0 spiro atoms. The van der Waals surface area contributed by atoms with Crippen LogP contribution in [0.5, 0.6) is 5.75 Å². The van der Waals surface area contributed by atoms with Gasteiger partial charge < -0.3 is 15.4 Å². The van der Waals surface area contributed by atoms with Gasteiger partial charge in [-0.1, -0.05) is 0 Å². The van der Waals surface area contributed by atoms with Gasteiger partial charge in [0.25, 0.3) is 0 Å². The highest BCUT2D eigenvalue weighted by molar-refractivity contribution is 5.62. The number of pyridine rings is 1. The molecule has 142 valence electrons. The molecular formula is C19H20N8O. The van der Waals surface area contributed by atoms with Crippen molar-refractivity contribution < 1.29 is 4.74 Å². The summed E-state index contributed by atoms with van der Waals surface area (Å²) in [5, 5.41) is 19.9. The molecule has 1 atom stereocenters. The van der Waals surface area contributed by atoms with Gasteiger partial charge in [-0.3, -0.25) is 4.68 Å². The molecule has 9 heteroatoms. The number of ether oxygens (including phenoxy) is 1. The number of aryl methyl sites for hydroxylation is 1. The van der Waals surface area contributed by atoms with Gasteiger partial charge in [0.1, 0.15) is 12.2 Å². The molecule has 0 aromatic carbocycles. The van der Waals surface area contributed by atoms with Gasteiger partial charge in [-0.15, -0.1) is 0 Å². The zero-order chi connectivity index (χ0) is 19.3. The van der Waals surface area contributed by atoms with Gasteiger partial charge in [-0.25, -0.2) is 15.0 Å². The van der Waals surface area contributed by atoms with E-state index in [1.807, 2.05) is 13.2 Å². The summed E-state index contributed by atoms with van der Waals surface area (Å²) < 4.78 is 7.73. The topological polar surface area (TPSA) is 114 Å². The maximum absolute atomic E-state index is 9.31. The number of hydrogen-bond acceptors (Lipinski definition) is 8. The molecule has 1 fully saturated rings. The van der Waals surface area contributed by atoms with E-state index in [0.29, 0.717) is 17.4 Å². The van der Waals surface area contributed by atoms with Gasteiger partial charge in [0.05, 0.1) is 18.1 Å². The number of anilines is 2. The smallest absolute Gasteiger partial charge is 0.227 e. The third-order valence-electron chi connectivity index (χ3n) is 4.45. The van der Waals surface area contributed by atoms with Crippen LogP contribution < -0.4 is 15.4 Å². The highest BCUT2D eigenvalue weighted by Gasteiger charge is 2.17. The highest BCUT2D eigenvalue weighted by atomic mass is 16.5. The van der Waals surface area contributed by atoms with Crippen LogP contribution in [0.4, 0.5) is 11.6 Å². The lowest BCUT2D eigenvalue weighted by Crippen LogP contribution is -2.37. The molecule has 28 heavy (non-hydrogen) atoms. The predicted molar refractivity (Wildman–Crippen MR) is 103 cm³/mol. The van der Waals surface area contributed by atoms with Crippen LogP contribution in [-0.2, 0) is 7.05 Å². The normalized spacial score (nSPS) is 16.4. The van der Waals surface area contributed by atoms with Crippen molar-refractivity contribution in [3.05, 3.63) is 42.7 Å². The molecule has 4 heterocycles. The number of piperidine rings is 1. The van der Waals surface area contributed by atoms with Crippen molar-refractivity contribution in [3.8, 4) is 22.9 Å². The first-order valence-electron chi connectivity index (χ1n) is 9.07. The minimum atomic E-state index is 0.0351. The quantitative estimate of drug-likeness (QED) is 0.695. The Labute approximate surface area is 162 Å². The highest BCUT2D eigenvalue weighted by Crippen LogP contribution is 2.25. The van der Waals surface area contributed by atoms with Crippen molar-refractivity contribution in [2.75, 3.05) is 18.4 Å². The second-order valence-corrected chi connectivity index (χ2v) is 6.59. The number of aromatic nitrogens is 5. The van der Waals surface area contributed by atoms with Crippen LogP contribution in [0, 0.1) is 11.3 Å². The Morgan fingerprint density at radius 1 is 1.21 bits per heavy atom. The maximum atomic E-state index is 9.31. The zero-order valence-corrected chi connectivity index (χ0v) is 15.5. The predicted octanol–water partition coefficient (Wildman–Crippen LogP) is 2.02. The van der Waals surface area contributed by atoms with E-state index in [2.05, 4.69) is 36.8 Å². The standard InChI is InChI=1S/C19H20N8O/c1-27-12-14(9-25-27)13-7-23-19(24-8-13)26-15-5-18(17(6-20)22-10-15)28-16-3-2-4-21-11-16/h5,7-10,12,16,21H,2-4,11H2,1H3,(H,23,24,26)/t16-/m1/s1. The fraction of sp³-hybridized carbons (Fsp3) is 0.316. The van der Waals surface area contributed by atoms with Crippen molar-refractivity contribution in [2.45, 2.75) is 18.9 Å². The molecule has 3 aromatic heterocycles. The molecule has 0 amide bonds. The summed E-state index contributed by atoms with van der Waals surface area (Å²) in [5.74, 6) is 0.901. The Bertz CT molecular complexity index is 986. The molecule has 9 nitrogen and oxygen atoms in total. The first kappa shape index (κ1) is 17.9. The average molecular weight is 376 g/mol. The SMILES string of the molecule is Cn1cc(-c2cnc(Nc3cnc(C#N)c(O[C@@H]4CCCNC4)c3)nc2)cn1. The molecule has 4 rings (SSSR count). The minimum absolute atomic E-state index is 0.0351. The number of nitrogens with one attached hydrogen (secondary N) is 2. The average Bonchev–Trinajstić information content (AvgIpc) is 3.16. The largest absolute Gasteiger partial charge is 0.486 e. The number of rotatable bonds is 5. The lowest BCUT2D eigenvalue weighted by Gasteiger charge is -2.24. The number of nitrogens with zero attached hydrogens (tertiary/aromatic N) is 6. The van der Waals surface area contributed by atoms with Crippen LogP contribution in [0.2, 0.25) is 0 Å². The molecular weight excluding hydrogens is 356 g/mol. The van der Waals surface area contributed by atoms with E-state index in [1.165, 1.54) is 0 Å². The van der Waals surface area contributed by atoms with Crippen LogP contribution in [0.3, 0.4) is 0 Å². The molecule has 1 aliphatic heterocycles. The maximum Gasteiger partial charge on any atom is 0.227 e. The van der Waals surface area contributed by atoms with E-state index < -0.39 is 0 Å². The van der Waals surface area contributed by atoms with Gasteiger partial charge in [-0.05, 0) is 19.4 Å². The van der Waals surface area contributed by atoms with E-state index in [1.54, 1.807) is 35.5 Å². The van der Waals surface area contributed by atoms with Crippen LogP contribution in [-0.4, -0.2) is 43.9 Å². The number of hydrogen-bond donors (Lipinski definition) is 2. The van der Waals surface area contributed by atoms with Crippen molar-refractivity contribution in [1.82, 2.24) is 30.0 Å². The van der Waals surface area contributed by atoms with Gasteiger partial charge in [0.15, 0.2) is 11.4 Å². The first-order chi connectivity index (χ1) is 13.7. The summed E-state index contributed by atoms with van der Waals surface area (Å²) in [6, 6.07) is 3.84. The Morgan fingerprint density at radius 2 is 2.07 bits per heavy atom. The zero-order valence-electron chi connectivity index (χ0n) is 15.5. The van der Waals surface area contributed by atoms with E-state index in [4.69, 9.17) is 4.74 Å². The van der Waals surface area contributed by atoms with E-state index in [9.17, 15) is 5.26 Å². The van der Waals surface area contributed by atoms with Crippen molar-refractivity contribution in [1.29, 1.82) is 5.26 Å². The molecule has 0 saturated carbocycles. The fourth-order valence-electron chi connectivity index (χ4n) is 3.03. The number of nitriles is 1. The van der Waals surface area contributed by atoms with Crippen LogP contribution in [0.15, 0.2) is 37.1 Å². The molecule has 1 saturated heterocycles. The van der Waals surface area contributed by atoms with Crippen molar-refractivity contribution in [2.24, 2.45) is 7.05 Å². The molecule has 0 unspecified atom stereocenters. The molecule has 2 N–H and O–H groups in total. The minimum Gasteiger partial charge on any atom is -0.486 e. The Kier molecular flexibility index (Phi) is 5.12. The van der Waals surface area contributed by atoms with Gasteiger partial charge in [-0.2, -0.15) is 10.4 Å². The summed E-state index contributed by atoms with van der Waals surface area (Å²) in [5.41, 5.74) is 2.76. The van der Waals surface area contributed by atoms with E-state index in [0.717, 1.165) is 37.1 Å². The van der Waals surface area contributed by atoms with Gasteiger partial charge >= 0.3 is 0 Å². The molecule has 1 aliphatic rings. The second-order valence-electron chi connectivity index (χ2n) is 6.59. The summed E-state index contributed by atoms with van der Waals surface area (Å²) in [6.45, 7) is 1.76. The van der Waals surface area contributed by atoms with Gasteiger partial charge in [0, 0.05) is 49.4 Å². The van der Waals surface area contributed by atoms with Crippen molar-refractivity contribution in [3.63, 3.8) is 0 Å². The molecule has 0 aliphatic carbocycles. The van der Waals surface area contributed by atoms with E-state index >= 15 is 0 Å². The third-order valence-corrected chi connectivity index (χ3v) is 4.45. The first-order valence-corrected chi connectivity index (χ1v) is 9.07. The lowest BCUT2D eigenvalue weighted by atomic mass is 10.1. The van der Waals surface area contributed by atoms with E-state index in [-0.39, 0.29) is 11.8 Å². The summed E-state index contributed by atoms with van der Waals surface area (Å²) in [7, 11) is 1.86. The van der Waals surface area contributed by atoms with Crippen molar-refractivity contribution >= 4 is 11.6 Å². The summed E-state index contributed by atoms with van der Waals surface area (Å²) in [4.78, 5) is 12.9.